The van der Waals surface area contributed by atoms with Gasteiger partial charge >= 0.3 is 0 Å². The first-order valence-corrected chi connectivity index (χ1v) is 6.16. The van der Waals surface area contributed by atoms with Gasteiger partial charge in [0.25, 0.3) is 0 Å². The van der Waals surface area contributed by atoms with Gasteiger partial charge in [0.2, 0.25) is 0 Å². The highest BCUT2D eigenvalue weighted by molar-refractivity contribution is 5.95. The van der Waals surface area contributed by atoms with Crippen LogP contribution in [-0.2, 0) is 6.42 Å². The Morgan fingerprint density at radius 1 is 1.18 bits per heavy atom. The summed E-state index contributed by atoms with van der Waals surface area (Å²) >= 11 is 0. The molecule has 2 heteroatoms. The van der Waals surface area contributed by atoms with Crippen LogP contribution in [0.1, 0.15) is 29.3 Å². The number of aromatic nitrogens is 1. The first kappa shape index (κ1) is 11.9. The molecule has 0 radical (unpaired) electrons. The second-order valence-corrected chi connectivity index (χ2v) is 4.63. The van der Waals surface area contributed by atoms with Gasteiger partial charge in [-0.2, -0.15) is 0 Å². The third-order valence-electron chi connectivity index (χ3n) is 3.34. The first-order chi connectivity index (χ1) is 8.08. The fraction of sp³-hybridized carbons (Fsp3) is 0.400. The van der Waals surface area contributed by atoms with Gasteiger partial charge in [0.15, 0.2) is 0 Å². The standard InChI is InChI=1S/C15H20N2/c1-6-12-11(4)17-14-10(3)7-9(2)8-13(14)15(12)16-5/h7-8H,6H2,1-5H3,(H,16,17). The molecule has 17 heavy (non-hydrogen) atoms. The molecular formula is C15H20N2. The summed E-state index contributed by atoms with van der Waals surface area (Å²) in [5.41, 5.74) is 7.36. The van der Waals surface area contributed by atoms with E-state index in [9.17, 15) is 0 Å². The van der Waals surface area contributed by atoms with Crippen LogP contribution in [0.2, 0.25) is 0 Å². The van der Waals surface area contributed by atoms with Gasteiger partial charge in [-0.1, -0.05) is 18.6 Å². The molecule has 0 aliphatic heterocycles. The maximum atomic E-state index is 4.76. The van der Waals surface area contributed by atoms with E-state index in [1.165, 1.54) is 27.8 Å². The Balaban J connectivity index is 2.93. The molecule has 0 unspecified atom stereocenters. The van der Waals surface area contributed by atoms with Crippen molar-refractivity contribution >= 4 is 16.6 Å². The van der Waals surface area contributed by atoms with E-state index in [4.69, 9.17) is 4.98 Å². The Morgan fingerprint density at radius 2 is 1.88 bits per heavy atom. The smallest absolute Gasteiger partial charge is 0.0755 e. The molecule has 2 rings (SSSR count). The summed E-state index contributed by atoms with van der Waals surface area (Å²) in [5.74, 6) is 0. The third-order valence-corrected chi connectivity index (χ3v) is 3.34. The monoisotopic (exact) mass is 228 g/mol. The lowest BCUT2D eigenvalue weighted by Crippen LogP contribution is -2.02. The average Bonchev–Trinajstić information content (AvgIpc) is 2.28. The van der Waals surface area contributed by atoms with Crippen LogP contribution in [-0.4, -0.2) is 12.0 Å². The number of rotatable bonds is 2. The molecule has 2 aromatic rings. The number of aryl methyl sites for hydroxylation is 3. The molecule has 0 saturated heterocycles. The normalized spacial score (nSPS) is 10.9. The SMILES string of the molecule is CCc1c(C)nc2c(C)cc(C)cc2c1NC. The lowest BCUT2D eigenvalue weighted by molar-refractivity contribution is 1.06. The van der Waals surface area contributed by atoms with Crippen molar-refractivity contribution in [2.75, 3.05) is 12.4 Å². The molecule has 1 aromatic carbocycles. The molecular weight excluding hydrogens is 208 g/mol. The van der Waals surface area contributed by atoms with Crippen molar-refractivity contribution in [2.24, 2.45) is 0 Å². The molecule has 2 nitrogen and oxygen atoms in total. The number of nitrogens with one attached hydrogen (secondary N) is 1. The summed E-state index contributed by atoms with van der Waals surface area (Å²) < 4.78 is 0. The maximum Gasteiger partial charge on any atom is 0.0755 e. The van der Waals surface area contributed by atoms with Crippen LogP contribution in [0.25, 0.3) is 10.9 Å². The molecule has 0 bridgehead atoms. The van der Waals surface area contributed by atoms with Crippen molar-refractivity contribution in [3.8, 4) is 0 Å². The zero-order valence-corrected chi connectivity index (χ0v) is 11.3. The molecule has 0 aliphatic rings. The quantitative estimate of drug-likeness (QED) is 0.846. The molecule has 0 atom stereocenters. The van der Waals surface area contributed by atoms with Gasteiger partial charge < -0.3 is 5.32 Å². The second-order valence-electron chi connectivity index (χ2n) is 4.63. The van der Waals surface area contributed by atoms with Crippen molar-refractivity contribution in [1.82, 2.24) is 4.98 Å². The van der Waals surface area contributed by atoms with Gasteiger partial charge in [0.05, 0.1) is 5.52 Å². The topological polar surface area (TPSA) is 24.9 Å². The van der Waals surface area contributed by atoms with Gasteiger partial charge in [-0.15, -0.1) is 0 Å². The highest BCUT2D eigenvalue weighted by atomic mass is 14.8. The number of pyridine rings is 1. The van der Waals surface area contributed by atoms with Crippen LogP contribution in [0.3, 0.4) is 0 Å². The molecule has 0 saturated carbocycles. The Labute approximate surface area is 103 Å². The minimum atomic E-state index is 1.01. The van der Waals surface area contributed by atoms with Crippen LogP contribution in [0, 0.1) is 20.8 Å². The average molecular weight is 228 g/mol. The maximum absolute atomic E-state index is 4.76. The molecule has 1 aromatic heterocycles. The van der Waals surface area contributed by atoms with Crippen molar-refractivity contribution in [2.45, 2.75) is 34.1 Å². The van der Waals surface area contributed by atoms with E-state index < -0.39 is 0 Å². The van der Waals surface area contributed by atoms with E-state index in [0.717, 1.165) is 17.6 Å². The third kappa shape index (κ3) is 1.88. The van der Waals surface area contributed by atoms with Gasteiger partial charge in [-0.05, 0) is 44.4 Å². The van der Waals surface area contributed by atoms with E-state index >= 15 is 0 Å². The summed E-state index contributed by atoms with van der Waals surface area (Å²) in [6.45, 7) is 8.54. The van der Waals surface area contributed by atoms with Crippen LogP contribution in [0.5, 0.6) is 0 Å². The van der Waals surface area contributed by atoms with Crippen LogP contribution < -0.4 is 5.32 Å². The number of nitrogens with zero attached hydrogens (tertiary/aromatic N) is 1. The first-order valence-electron chi connectivity index (χ1n) is 6.16. The van der Waals surface area contributed by atoms with E-state index in [0.29, 0.717) is 0 Å². The summed E-state index contributed by atoms with van der Waals surface area (Å²) in [6.07, 6.45) is 1.01. The largest absolute Gasteiger partial charge is 0.387 e. The molecule has 0 spiro atoms. The molecule has 0 fully saturated rings. The van der Waals surface area contributed by atoms with Crippen molar-refractivity contribution < 1.29 is 0 Å². The van der Waals surface area contributed by atoms with E-state index in [1.54, 1.807) is 0 Å². The Bertz CT molecular complexity index is 571. The molecule has 1 heterocycles. The fourth-order valence-electron chi connectivity index (χ4n) is 2.60. The van der Waals surface area contributed by atoms with Crippen LogP contribution in [0.15, 0.2) is 12.1 Å². The molecule has 0 aliphatic carbocycles. The number of fused-ring (bicyclic) bond motifs is 1. The van der Waals surface area contributed by atoms with Gasteiger partial charge in [-0.3, -0.25) is 4.98 Å². The number of hydrogen-bond acceptors (Lipinski definition) is 2. The Kier molecular flexibility index (Phi) is 3.05. The minimum Gasteiger partial charge on any atom is -0.387 e. The minimum absolute atomic E-state index is 1.01. The second kappa shape index (κ2) is 4.36. The fourth-order valence-corrected chi connectivity index (χ4v) is 2.60. The summed E-state index contributed by atoms with van der Waals surface area (Å²) in [5, 5.41) is 4.59. The number of benzene rings is 1. The Morgan fingerprint density at radius 3 is 2.47 bits per heavy atom. The van der Waals surface area contributed by atoms with E-state index in [2.05, 4.69) is 45.1 Å². The van der Waals surface area contributed by atoms with Gasteiger partial charge in [0, 0.05) is 23.8 Å². The zero-order valence-electron chi connectivity index (χ0n) is 11.3. The van der Waals surface area contributed by atoms with Gasteiger partial charge in [0.1, 0.15) is 0 Å². The summed E-state index contributed by atoms with van der Waals surface area (Å²) in [7, 11) is 1.99. The predicted molar refractivity (Wildman–Crippen MR) is 74.9 cm³/mol. The molecule has 90 valence electrons. The van der Waals surface area contributed by atoms with Crippen molar-refractivity contribution in [3.63, 3.8) is 0 Å². The van der Waals surface area contributed by atoms with E-state index in [-0.39, 0.29) is 0 Å². The summed E-state index contributed by atoms with van der Waals surface area (Å²) in [4.78, 5) is 4.76. The Hall–Kier alpha value is -1.57. The highest BCUT2D eigenvalue weighted by Gasteiger charge is 2.11. The molecule has 0 amide bonds. The lowest BCUT2D eigenvalue weighted by Gasteiger charge is -2.15. The lowest BCUT2D eigenvalue weighted by atomic mass is 10.00. The van der Waals surface area contributed by atoms with Crippen molar-refractivity contribution in [1.29, 1.82) is 0 Å². The predicted octanol–water partition coefficient (Wildman–Crippen LogP) is 3.76. The van der Waals surface area contributed by atoms with Crippen molar-refractivity contribution in [3.05, 3.63) is 34.5 Å². The highest BCUT2D eigenvalue weighted by Crippen LogP contribution is 2.31. The number of anilines is 1. The van der Waals surface area contributed by atoms with Gasteiger partial charge in [-0.25, -0.2) is 0 Å². The number of hydrogen-bond donors (Lipinski definition) is 1. The van der Waals surface area contributed by atoms with Crippen LogP contribution in [0.4, 0.5) is 5.69 Å². The van der Waals surface area contributed by atoms with Crippen LogP contribution >= 0.6 is 0 Å². The summed E-state index contributed by atoms with van der Waals surface area (Å²) in [6, 6.07) is 4.42. The zero-order chi connectivity index (χ0) is 12.6. The van der Waals surface area contributed by atoms with E-state index in [1.807, 2.05) is 7.05 Å². The molecule has 1 N–H and O–H groups in total.